The Kier molecular flexibility index (Phi) is 6.70. The van der Waals surface area contributed by atoms with Crippen molar-refractivity contribution in [3.63, 3.8) is 0 Å². The van der Waals surface area contributed by atoms with E-state index < -0.39 is 6.36 Å². The lowest BCUT2D eigenvalue weighted by Crippen LogP contribution is -2.16. The second kappa shape index (κ2) is 9.10. The zero-order valence-electron chi connectivity index (χ0n) is 16.6. The summed E-state index contributed by atoms with van der Waals surface area (Å²) >= 11 is 2.40. The molecule has 0 saturated carbocycles. The van der Waals surface area contributed by atoms with E-state index in [1.165, 1.54) is 54.3 Å². The Labute approximate surface area is 183 Å². The molecular weight excluding hydrogens is 453 g/mol. The summed E-state index contributed by atoms with van der Waals surface area (Å²) in [5.74, 6) is -0.484. The second-order valence-electron chi connectivity index (χ2n) is 6.46. The molecule has 0 aliphatic carbocycles. The number of alkyl halides is 3. The molecule has 3 rings (SSSR count). The largest absolute Gasteiger partial charge is 0.573 e. The van der Waals surface area contributed by atoms with Gasteiger partial charge in [0.1, 0.15) is 5.75 Å². The maximum absolute atomic E-state index is 12.5. The summed E-state index contributed by atoms with van der Waals surface area (Å²) in [5, 5.41) is 11.3. The number of anilines is 2. The Balaban J connectivity index is 1.59. The average molecular weight is 470 g/mol. The number of H-pyrrole nitrogens is 1. The Morgan fingerprint density at radius 3 is 2.45 bits per heavy atom. The number of Topliss-reactive ketones (excluding diaryl/α,β-unsaturated/α-hetero) is 2. The van der Waals surface area contributed by atoms with Crippen molar-refractivity contribution in [2.45, 2.75) is 31.5 Å². The molecule has 0 radical (unpaired) electrons. The van der Waals surface area contributed by atoms with Crippen LogP contribution < -0.4 is 10.1 Å². The number of ketones is 2. The van der Waals surface area contributed by atoms with Gasteiger partial charge in [-0.1, -0.05) is 23.1 Å². The van der Waals surface area contributed by atoms with Crippen molar-refractivity contribution in [3.05, 3.63) is 46.8 Å². The van der Waals surface area contributed by atoms with Crippen LogP contribution in [0.15, 0.2) is 28.6 Å². The first-order valence-corrected chi connectivity index (χ1v) is 10.7. The van der Waals surface area contributed by atoms with Gasteiger partial charge in [0.2, 0.25) is 5.13 Å². The average Bonchev–Trinajstić information content (AvgIpc) is 3.23. The molecule has 3 aromatic rings. The van der Waals surface area contributed by atoms with E-state index >= 15 is 0 Å². The van der Waals surface area contributed by atoms with Gasteiger partial charge < -0.3 is 15.0 Å². The summed E-state index contributed by atoms with van der Waals surface area (Å²) in [4.78, 5) is 27.2. The number of hydrogen-bond donors (Lipinski definition) is 2. The Morgan fingerprint density at radius 2 is 1.87 bits per heavy atom. The number of nitrogens with zero attached hydrogens (tertiary/aromatic N) is 2. The fraction of sp³-hybridized carbons (Fsp3) is 0.263. The highest BCUT2D eigenvalue weighted by Crippen LogP contribution is 2.30. The van der Waals surface area contributed by atoms with Gasteiger partial charge >= 0.3 is 6.36 Å². The highest BCUT2D eigenvalue weighted by molar-refractivity contribution is 8.01. The minimum atomic E-state index is -4.75. The van der Waals surface area contributed by atoms with Crippen LogP contribution in [-0.2, 0) is 0 Å². The normalized spacial score (nSPS) is 11.4. The number of thioether (sulfide) groups is 1. The minimum absolute atomic E-state index is 0.101. The third-order valence-corrected chi connectivity index (χ3v) is 6.11. The summed E-state index contributed by atoms with van der Waals surface area (Å²) in [6.07, 6.45) is -4.75. The van der Waals surface area contributed by atoms with E-state index in [4.69, 9.17) is 0 Å². The van der Waals surface area contributed by atoms with Gasteiger partial charge in [-0.2, -0.15) is 0 Å². The molecule has 7 nitrogen and oxygen atoms in total. The summed E-state index contributed by atoms with van der Waals surface area (Å²) in [6, 6.07) is 5.20. The number of benzene rings is 1. The van der Waals surface area contributed by atoms with Gasteiger partial charge in [-0.15, -0.1) is 23.4 Å². The van der Waals surface area contributed by atoms with Crippen LogP contribution in [0.2, 0.25) is 0 Å². The molecule has 2 N–H and O–H groups in total. The number of aryl methyl sites for hydroxylation is 1. The fourth-order valence-corrected chi connectivity index (χ4v) is 4.58. The van der Waals surface area contributed by atoms with E-state index in [0.717, 1.165) is 0 Å². The molecule has 0 spiro atoms. The highest BCUT2D eigenvalue weighted by atomic mass is 32.2. The quantitative estimate of drug-likeness (QED) is 0.340. The van der Waals surface area contributed by atoms with E-state index in [1.807, 2.05) is 0 Å². The first-order chi connectivity index (χ1) is 14.5. The third-order valence-electron chi connectivity index (χ3n) is 4.14. The monoisotopic (exact) mass is 470 g/mol. The van der Waals surface area contributed by atoms with Crippen LogP contribution in [0.1, 0.15) is 39.0 Å². The molecule has 0 amide bonds. The molecule has 12 heteroatoms. The van der Waals surface area contributed by atoms with Crippen LogP contribution in [-0.4, -0.2) is 38.9 Å². The zero-order valence-corrected chi connectivity index (χ0v) is 18.2. The maximum atomic E-state index is 12.5. The molecule has 0 aliphatic rings. The van der Waals surface area contributed by atoms with Crippen molar-refractivity contribution in [2.75, 3.05) is 11.1 Å². The summed E-state index contributed by atoms with van der Waals surface area (Å²) in [7, 11) is 0. The summed E-state index contributed by atoms with van der Waals surface area (Å²) in [5.41, 5.74) is 2.73. The molecule has 0 atom stereocenters. The Morgan fingerprint density at radius 1 is 1.19 bits per heavy atom. The lowest BCUT2D eigenvalue weighted by molar-refractivity contribution is -0.274. The summed E-state index contributed by atoms with van der Waals surface area (Å²) < 4.78 is 41.0. The molecule has 2 heterocycles. The van der Waals surface area contributed by atoms with Gasteiger partial charge in [0, 0.05) is 16.9 Å². The molecule has 164 valence electrons. The Hall–Kier alpha value is -2.86. The second-order valence-corrected chi connectivity index (χ2v) is 8.66. The van der Waals surface area contributed by atoms with E-state index in [9.17, 15) is 22.8 Å². The first kappa shape index (κ1) is 22.8. The Bertz CT molecular complexity index is 1110. The van der Waals surface area contributed by atoms with E-state index in [1.54, 1.807) is 13.8 Å². The number of nitrogens with one attached hydrogen (secondary N) is 2. The van der Waals surface area contributed by atoms with Crippen LogP contribution in [0.3, 0.4) is 0 Å². The number of aromatic nitrogens is 3. The van der Waals surface area contributed by atoms with Gasteiger partial charge in [0.25, 0.3) is 0 Å². The van der Waals surface area contributed by atoms with E-state index in [-0.39, 0.29) is 23.1 Å². The topological polar surface area (TPSA) is 97.0 Å². The predicted molar refractivity (Wildman–Crippen MR) is 112 cm³/mol. The predicted octanol–water partition coefficient (Wildman–Crippen LogP) is 5.30. The molecule has 1 aromatic carbocycles. The van der Waals surface area contributed by atoms with Crippen LogP contribution in [0.25, 0.3) is 0 Å². The van der Waals surface area contributed by atoms with Gasteiger partial charge in [-0.25, -0.2) is 0 Å². The van der Waals surface area contributed by atoms with Crippen molar-refractivity contribution in [1.29, 1.82) is 0 Å². The van der Waals surface area contributed by atoms with Crippen molar-refractivity contribution >= 4 is 45.5 Å². The lowest BCUT2D eigenvalue weighted by atomic mass is 10.1. The van der Waals surface area contributed by atoms with Crippen LogP contribution >= 0.6 is 23.1 Å². The summed E-state index contributed by atoms with van der Waals surface area (Å²) in [6.45, 7) is 4.94. The number of halogens is 3. The molecule has 2 aromatic heterocycles. The minimum Gasteiger partial charge on any atom is -0.406 e. The number of rotatable bonds is 8. The van der Waals surface area contributed by atoms with Gasteiger partial charge in [-0.3, -0.25) is 9.59 Å². The molecular formula is C19H17F3N4O3S2. The highest BCUT2D eigenvalue weighted by Gasteiger charge is 2.31. The van der Waals surface area contributed by atoms with Crippen molar-refractivity contribution in [1.82, 2.24) is 15.2 Å². The van der Waals surface area contributed by atoms with Crippen molar-refractivity contribution in [2.24, 2.45) is 0 Å². The lowest BCUT2D eigenvalue weighted by Gasteiger charge is -2.09. The first-order valence-electron chi connectivity index (χ1n) is 8.86. The van der Waals surface area contributed by atoms with Gasteiger partial charge in [0.05, 0.1) is 11.4 Å². The van der Waals surface area contributed by atoms with E-state index in [2.05, 4.69) is 25.2 Å². The number of carbonyl (C=O) groups excluding carboxylic acids is 2. The van der Waals surface area contributed by atoms with Crippen molar-refractivity contribution < 1.29 is 27.5 Å². The molecule has 0 bridgehead atoms. The fourth-order valence-electron chi connectivity index (χ4n) is 2.94. The molecule has 31 heavy (non-hydrogen) atoms. The molecule has 0 aliphatic heterocycles. The number of carbonyl (C=O) groups is 2. The van der Waals surface area contributed by atoms with Crippen molar-refractivity contribution in [3.8, 4) is 5.75 Å². The third kappa shape index (κ3) is 5.85. The molecule has 0 unspecified atom stereocenters. The standard InChI is InChI=1S/C19H17F3N4O3S2/c1-9-15(11(3)27)10(2)23-16(9)14(28)8-30-18-26-25-17(31-18)24-12-4-6-13(7-5-12)29-19(20,21)22/h4-7,23H,8H2,1-3H3,(H,24,25). The molecule has 0 fully saturated rings. The van der Waals surface area contributed by atoms with Crippen LogP contribution in [0.4, 0.5) is 24.0 Å². The van der Waals surface area contributed by atoms with Crippen LogP contribution in [0.5, 0.6) is 5.75 Å². The SMILES string of the molecule is CC(=O)c1c(C)[nH]c(C(=O)CSc2nnc(Nc3ccc(OC(F)(F)F)cc3)s2)c1C. The van der Waals surface area contributed by atoms with Gasteiger partial charge in [0.15, 0.2) is 15.9 Å². The van der Waals surface area contributed by atoms with Crippen LogP contribution in [0, 0.1) is 13.8 Å². The number of hydrogen-bond acceptors (Lipinski definition) is 8. The number of ether oxygens (including phenoxy) is 1. The van der Waals surface area contributed by atoms with E-state index in [0.29, 0.717) is 37.7 Å². The number of aromatic amines is 1. The smallest absolute Gasteiger partial charge is 0.406 e. The van der Waals surface area contributed by atoms with Gasteiger partial charge in [-0.05, 0) is 50.6 Å². The zero-order chi connectivity index (χ0) is 22.8. The molecule has 0 saturated heterocycles. The maximum Gasteiger partial charge on any atom is 0.573 e.